The van der Waals surface area contributed by atoms with Crippen molar-refractivity contribution in [2.24, 2.45) is 18.0 Å². The largest absolute Gasteiger partial charge is 0.413 e. The van der Waals surface area contributed by atoms with Crippen LogP contribution in [-0.2, 0) is 13.5 Å². The maximum absolute atomic E-state index is 14.6. The maximum atomic E-state index is 14.6. The van der Waals surface area contributed by atoms with Gasteiger partial charge in [0.1, 0.15) is 5.52 Å². The Bertz CT molecular complexity index is 1700. The number of halogens is 3. The fraction of sp³-hybridized carbons (Fsp3) is 0.400. The molecule has 8 nitrogen and oxygen atoms in total. The summed E-state index contributed by atoms with van der Waals surface area (Å²) in [6.45, 7) is 4.39. The van der Waals surface area contributed by atoms with Crippen molar-refractivity contribution in [3.05, 3.63) is 77.0 Å². The Morgan fingerprint density at radius 1 is 1.02 bits per heavy atom. The van der Waals surface area contributed by atoms with Crippen LogP contribution in [0.3, 0.4) is 0 Å². The molecular weight excluding hydrogens is 529 g/mol. The Labute approximate surface area is 236 Å². The summed E-state index contributed by atoms with van der Waals surface area (Å²) in [5, 5.41) is 11.7. The fourth-order valence-electron chi connectivity index (χ4n) is 6.02. The second kappa shape index (κ2) is 9.83. The molecule has 1 fully saturated rings. The zero-order valence-electron chi connectivity index (χ0n) is 23.5. The SMILES string of the molecule is CC(C)c1ccccc1-c1nc(Cc2ccccc2)c2c(n1)n(C1=NCC(C3CN(C)C3)(C(F)(F)F)N1)c(=N)n2C. The molecule has 0 bridgehead atoms. The predicted octanol–water partition coefficient (Wildman–Crippen LogP) is 4.30. The molecule has 2 aliphatic rings. The van der Waals surface area contributed by atoms with Crippen molar-refractivity contribution >= 4 is 17.1 Å². The number of hydrogen-bond acceptors (Lipinski definition) is 6. The lowest BCUT2D eigenvalue weighted by Crippen LogP contribution is -2.70. The van der Waals surface area contributed by atoms with Crippen LogP contribution in [0.25, 0.3) is 22.6 Å². The average Bonchev–Trinajstić information content (AvgIpc) is 3.47. The molecule has 1 saturated heterocycles. The number of nitrogens with zero attached hydrogens (tertiary/aromatic N) is 6. The number of imidazole rings is 1. The van der Waals surface area contributed by atoms with Gasteiger partial charge in [-0.15, -0.1) is 0 Å². The van der Waals surface area contributed by atoms with Gasteiger partial charge in [0.25, 0.3) is 0 Å². The van der Waals surface area contributed by atoms with E-state index >= 15 is 0 Å². The van der Waals surface area contributed by atoms with Gasteiger partial charge in [-0.05, 0) is 24.1 Å². The van der Waals surface area contributed by atoms with Crippen LogP contribution < -0.4 is 10.9 Å². The number of alkyl halides is 3. The van der Waals surface area contributed by atoms with Gasteiger partial charge < -0.3 is 14.8 Å². The Kier molecular flexibility index (Phi) is 6.52. The lowest BCUT2D eigenvalue weighted by Gasteiger charge is -2.48. The molecule has 214 valence electrons. The van der Waals surface area contributed by atoms with Crippen LogP contribution in [0.1, 0.15) is 36.6 Å². The summed E-state index contributed by atoms with van der Waals surface area (Å²) >= 11 is 0. The molecule has 2 aromatic heterocycles. The molecule has 6 rings (SSSR count). The van der Waals surface area contributed by atoms with Gasteiger partial charge in [-0.25, -0.2) is 19.5 Å². The van der Waals surface area contributed by atoms with Crippen molar-refractivity contribution in [1.29, 1.82) is 5.41 Å². The molecule has 1 atom stereocenters. The zero-order chi connectivity index (χ0) is 29.1. The number of rotatable bonds is 5. The molecule has 0 amide bonds. The van der Waals surface area contributed by atoms with Crippen molar-refractivity contribution in [3.8, 4) is 11.4 Å². The minimum absolute atomic E-state index is 0.0140. The van der Waals surface area contributed by atoms with E-state index in [0.29, 0.717) is 42.2 Å². The van der Waals surface area contributed by atoms with Gasteiger partial charge in [0.2, 0.25) is 11.6 Å². The van der Waals surface area contributed by atoms with Crippen molar-refractivity contribution < 1.29 is 13.2 Å². The maximum Gasteiger partial charge on any atom is 0.413 e. The summed E-state index contributed by atoms with van der Waals surface area (Å²) in [6.07, 6.45) is -4.05. The predicted molar refractivity (Wildman–Crippen MR) is 152 cm³/mol. The molecule has 0 saturated carbocycles. The van der Waals surface area contributed by atoms with Gasteiger partial charge in [-0.1, -0.05) is 68.4 Å². The molecule has 1 unspecified atom stereocenters. The van der Waals surface area contributed by atoms with Crippen LogP contribution in [0.4, 0.5) is 13.2 Å². The fourth-order valence-corrected chi connectivity index (χ4v) is 6.02. The van der Waals surface area contributed by atoms with E-state index < -0.39 is 24.2 Å². The van der Waals surface area contributed by atoms with Crippen molar-refractivity contribution in [2.45, 2.75) is 37.9 Å². The molecular formula is C30H33F3N8. The first-order valence-corrected chi connectivity index (χ1v) is 13.7. The first kappa shape index (κ1) is 27.2. The first-order chi connectivity index (χ1) is 19.5. The van der Waals surface area contributed by atoms with E-state index in [9.17, 15) is 13.2 Å². The highest BCUT2D eigenvalue weighted by Gasteiger charge is 2.64. The van der Waals surface area contributed by atoms with E-state index in [1.807, 2.05) is 59.5 Å². The van der Waals surface area contributed by atoms with Crippen molar-refractivity contribution in [1.82, 2.24) is 29.3 Å². The third-order valence-corrected chi connectivity index (χ3v) is 8.34. The van der Waals surface area contributed by atoms with Gasteiger partial charge in [0.05, 0.1) is 12.2 Å². The van der Waals surface area contributed by atoms with E-state index in [2.05, 4.69) is 24.2 Å². The molecule has 41 heavy (non-hydrogen) atoms. The van der Waals surface area contributed by atoms with Crippen LogP contribution >= 0.6 is 0 Å². The number of hydrogen-bond donors (Lipinski definition) is 2. The topological polar surface area (TPSA) is 87.1 Å². The normalized spacial score (nSPS) is 20.0. The van der Waals surface area contributed by atoms with Crippen molar-refractivity contribution in [2.75, 3.05) is 26.7 Å². The molecule has 0 spiro atoms. The summed E-state index contributed by atoms with van der Waals surface area (Å²) in [7, 11) is 3.52. The number of aromatic nitrogens is 4. The highest BCUT2D eigenvalue weighted by molar-refractivity contribution is 5.93. The Morgan fingerprint density at radius 2 is 1.71 bits per heavy atom. The van der Waals surface area contributed by atoms with E-state index in [1.165, 1.54) is 4.57 Å². The highest BCUT2D eigenvalue weighted by Crippen LogP contribution is 2.42. The minimum Gasteiger partial charge on any atom is -0.340 e. The monoisotopic (exact) mass is 562 g/mol. The lowest BCUT2D eigenvalue weighted by molar-refractivity contribution is -0.214. The van der Waals surface area contributed by atoms with Crippen LogP contribution in [0.5, 0.6) is 0 Å². The molecule has 11 heteroatoms. The van der Waals surface area contributed by atoms with Crippen LogP contribution in [0.15, 0.2) is 59.6 Å². The quantitative estimate of drug-likeness (QED) is 0.380. The van der Waals surface area contributed by atoms with Crippen molar-refractivity contribution in [3.63, 3.8) is 0 Å². The average molecular weight is 563 g/mol. The van der Waals surface area contributed by atoms with Crippen LogP contribution in [0, 0.1) is 11.3 Å². The number of fused-ring (bicyclic) bond motifs is 1. The molecule has 4 heterocycles. The molecule has 2 aromatic carbocycles. The summed E-state index contributed by atoms with van der Waals surface area (Å²) in [5.74, 6) is 0.00941. The summed E-state index contributed by atoms with van der Waals surface area (Å²) in [5.41, 5.74) is 2.33. The molecule has 2 N–H and O–H groups in total. The van der Waals surface area contributed by atoms with Crippen LogP contribution in [0.2, 0.25) is 0 Å². The van der Waals surface area contributed by atoms with E-state index in [0.717, 1.165) is 16.7 Å². The molecule has 0 aliphatic carbocycles. The Balaban J connectivity index is 1.55. The van der Waals surface area contributed by atoms with E-state index in [-0.39, 0.29) is 17.5 Å². The van der Waals surface area contributed by atoms with Gasteiger partial charge in [0, 0.05) is 38.0 Å². The summed E-state index contributed by atoms with van der Waals surface area (Å²) < 4.78 is 46.8. The second-order valence-electron chi connectivity index (χ2n) is 11.4. The zero-order valence-corrected chi connectivity index (χ0v) is 23.5. The first-order valence-electron chi connectivity index (χ1n) is 13.7. The minimum atomic E-state index is -4.52. The number of likely N-dealkylation sites (tertiary alicyclic amines) is 1. The van der Waals surface area contributed by atoms with Gasteiger partial charge in [0.15, 0.2) is 17.0 Å². The number of aliphatic imine (C=N–C) groups is 1. The van der Waals surface area contributed by atoms with E-state index in [1.54, 1.807) is 18.7 Å². The standard InChI is InChI=1S/C30H33F3N8/c1-18(2)21-12-8-9-13-22(21)25-36-23(14-19-10-6-5-7-11-19)24-26(37-25)41(27(34)40(24)4)28-35-17-29(38-28,30(31,32)33)20-15-39(3)16-20/h5-13,18,20,34H,14-17H2,1-4H3,(H,35,38). The number of benzene rings is 2. The summed E-state index contributed by atoms with van der Waals surface area (Å²) in [4.78, 5) is 16.2. The Hall–Kier alpha value is -3.99. The molecule has 0 radical (unpaired) electrons. The van der Waals surface area contributed by atoms with Gasteiger partial charge in [-0.2, -0.15) is 13.2 Å². The molecule has 2 aliphatic heterocycles. The van der Waals surface area contributed by atoms with Crippen LogP contribution in [-0.4, -0.2) is 68.4 Å². The van der Waals surface area contributed by atoms with E-state index in [4.69, 9.17) is 15.4 Å². The van der Waals surface area contributed by atoms with Gasteiger partial charge >= 0.3 is 6.18 Å². The highest BCUT2D eigenvalue weighted by atomic mass is 19.4. The lowest BCUT2D eigenvalue weighted by atomic mass is 9.78. The second-order valence-corrected chi connectivity index (χ2v) is 11.4. The third kappa shape index (κ3) is 4.43. The van der Waals surface area contributed by atoms with Gasteiger partial charge in [-0.3, -0.25) is 5.41 Å². The number of nitrogens with one attached hydrogen (secondary N) is 2. The summed E-state index contributed by atoms with van der Waals surface area (Å²) in [6, 6.07) is 17.8. The molecule has 4 aromatic rings. The third-order valence-electron chi connectivity index (χ3n) is 8.34. The smallest absolute Gasteiger partial charge is 0.340 e. The number of aryl methyl sites for hydroxylation is 1. The Morgan fingerprint density at radius 3 is 2.37 bits per heavy atom.